The molecule has 0 unspecified atom stereocenters. The first kappa shape index (κ1) is 31.7. The second-order valence-electron chi connectivity index (χ2n) is 11.6. The number of phenolic OH excluding ortho intramolecular Hbond substituents is 2. The molecule has 0 aliphatic heterocycles. The first-order chi connectivity index (χ1) is 20.2. The van der Waals surface area contributed by atoms with E-state index in [1.54, 1.807) is 25.1 Å². The minimum atomic E-state index is -0.773. The second-order valence-corrected chi connectivity index (χ2v) is 11.6. The monoisotopic (exact) mass is 575 g/mol. The molecule has 3 aromatic carbocycles. The number of ether oxygens (including phenoxy) is 1. The molecule has 42 heavy (non-hydrogen) atoms. The van der Waals surface area contributed by atoms with Crippen LogP contribution in [0.5, 0.6) is 17.2 Å². The zero-order valence-electron chi connectivity index (χ0n) is 24.9. The fourth-order valence-corrected chi connectivity index (χ4v) is 6.00. The maximum Gasteiger partial charge on any atom is 0.168 e. The molecule has 226 valence electrons. The Hall–Kier alpha value is -3.28. The predicted octanol–water partition coefficient (Wildman–Crippen LogP) is 5.14. The largest absolute Gasteiger partial charge is 0.508 e. The zero-order chi connectivity index (χ0) is 30.2. The maximum atomic E-state index is 11.4. The van der Waals surface area contributed by atoms with E-state index in [9.17, 15) is 25.5 Å². The molecule has 0 amide bonds. The van der Waals surface area contributed by atoms with Gasteiger partial charge in [0.2, 0.25) is 0 Å². The van der Waals surface area contributed by atoms with Gasteiger partial charge in [-0.1, -0.05) is 37.1 Å². The van der Waals surface area contributed by atoms with Crippen molar-refractivity contribution in [2.24, 2.45) is 11.8 Å². The summed E-state index contributed by atoms with van der Waals surface area (Å²) in [6, 6.07) is 14.7. The van der Waals surface area contributed by atoms with Crippen molar-refractivity contribution in [2.45, 2.75) is 83.1 Å². The molecular formula is C35H45NO6. The van der Waals surface area contributed by atoms with E-state index in [-0.39, 0.29) is 29.4 Å². The van der Waals surface area contributed by atoms with Crippen molar-refractivity contribution in [3.8, 4) is 40.2 Å². The highest BCUT2D eigenvalue weighted by atomic mass is 16.5. The van der Waals surface area contributed by atoms with E-state index < -0.39 is 18.3 Å². The number of fused-ring (bicyclic) bond motifs is 1. The molecule has 3 aromatic rings. The van der Waals surface area contributed by atoms with Crippen LogP contribution in [0.1, 0.15) is 57.9 Å². The molecule has 7 heteroatoms. The van der Waals surface area contributed by atoms with Crippen LogP contribution in [0.2, 0.25) is 0 Å². The van der Waals surface area contributed by atoms with E-state index in [0.29, 0.717) is 38.0 Å². The Morgan fingerprint density at radius 3 is 2.52 bits per heavy atom. The van der Waals surface area contributed by atoms with E-state index in [4.69, 9.17) is 4.74 Å². The van der Waals surface area contributed by atoms with Crippen molar-refractivity contribution in [1.82, 2.24) is 5.32 Å². The number of hydrogen-bond acceptors (Lipinski definition) is 7. The SMILES string of the molecule is CC[C@@H]1C#CC[C@H]([C@H](O)CCc2ccc(O)c(OC)c2-c2ccc3cc(O)ccc3c2)[C@@H](O)CC[C@H](NC[C@H](C)O)C1. The third-order valence-corrected chi connectivity index (χ3v) is 8.46. The number of aliphatic hydroxyl groups excluding tert-OH is 3. The minimum absolute atomic E-state index is 0.0323. The Bertz CT molecular complexity index is 1390. The molecular weight excluding hydrogens is 530 g/mol. The van der Waals surface area contributed by atoms with Gasteiger partial charge < -0.3 is 35.6 Å². The van der Waals surface area contributed by atoms with Crippen LogP contribution in [0.25, 0.3) is 21.9 Å². The van der Waals surface area contributed by atoms with Crippen LogP contribution in [0, 0.1) is 23.7 Å². The summed E-state index contributed by atoms with van der Waals surface area (Å²) in [6.45, 7) is 4.38. The van der Waals surface area contributed by atoms with E-state index in [1.807, 2.05) is 30.3 Å². The normalized spacial score (nSPS) is 22.6. The molecule has 7 nitrogen and oxygen atoms in total. The Kier molecular flexibility index (Phi) is 11.1. The fraction of sp³-hybridized carbons (Fsp3) is 0.486. The van der Waals surface area contributed by atoms with E-state index >= 15 is 0 Å². The standard InChI is InChI=1S/C35H45NO6/c1-4-23-6-5-7-30(32(40)17-13-28(18-23)36-21-22(2)37)31(39)15-11-24-12-16-33(41)35(42-3)34(24)27-9-8-26-20-29(38)14-10-25(26)19-27/h8-10,12,14,16,19-20,22-23,28,30-32,36-41H,4,7,11,13,15,17-18,21H2,1-3H3/t22-,23+,28-,30+,31+,32-/m0/s1. The number of rotatable bonds is 10. The lowest BCUT2D eigenvalue weighted by Crippen LogP contribution is -2.38. The van der Waals surface area contributed by atoms with E-state index in [1.165, 1.54) is 7.11 Å². The summed E-state index contributed by atoms with van der Waals surface area (Å²) in [5, 5.41) is 58.0. The summed E-state index contributed by atoms with van der Waals surface area (Å²) in [5.74, 6) is 7.07. The number of phenols is 2. The van der Waals surface area contributed by atoms with Crippen molar-refractivity contribution < 1.29 is 30.3 Å². The van der Waals surface area contributed by atoms with Crippen LogP contribution in [0.15, 0.2) is 48.5 Å². The smallest absolute Gasteiger partial charge is 0.168 e. The van der Waals surface area contributed by atoms with Gasteiger partial charge in [-0.05, 0) is 91.6 Å². The number of aromatic hydroxyl groups is 2. The number of aliphatic hydroxyl groups is 3. The summed E-state index contributed by atoms with van der Waals surface area (Å²) in [6.07, 6.45) is 2.51. The molecule has 6 atom stereocenters. The van der Waals surface area contributed by atoms with Gasteiger partial charge in [0.05, 0.1) is 25.4 Å². The Balaban J connectivity index is 1.55. The molecule has 1 aliphatic rings. The maximum absolute atomic E-state index is 11.4. The van der Waals surface area contributed by atoms with E-state index in [2.05, 4.69) is 24.1 Å². The molecule has 4 rings (SSSR count). The molecule has 0 saturated carbocycles. The van der Waals surface area contributed by atoms with Gasteiger partial charge in [-0.2, -0.15) is 0 Å². The fourth-order valence-electron chi connectivity index (χ4n) is 6.00. The van der Waals surface area contributed by atoms with Crippen molar-refractivity contribution in [2.75, 3.05) is 13.7 Å². The summed E-state index contributed by atoms with van der Waals surface area (Å²) in [7, 11) is 1.53. The molecule has 0 fully saturated rings. The first-order valence-electron chi connectivity index (χ1n) is 15.1. The average Bonchev–Trinajstić information content (AvgIpc) is 2.98. The van der Waals surface area contributed by atoms with Crippen molar-refractivity contribution in [3.05, 3.63) is 54.1 Å². The third kappa shape index (κ3) is 7.96. The molecule has 0 spiro atoms. The lowest BCUT2D eigenvalue weighted by atomic mass is 9.83. The Morgan fingerprint density at radius 2 is 1.79 bits per heavy atom. The Labute approximate surface area is 249 Å². The lowest BCUT2D eigenvalue weighted by Gasteiger charge is -2.30. The van der Waals surface area contributed by atoms with Crippen LogP contribution in [0.4, 0.5) is 0 Å². The summed E-state index contributed by atoms with van der Waals surface area (Å²) in [4.78, 5) is 0. The number of methoxy groups -OCH3 is 1. The number of benzene rings is 3. The molecule has 0 radical (unpaired) electrons. The van der Waals surface area contributed by atoms with E-state index in [0.717, 1.165) is 46.7 Å². The minimum Gasteiger partial charge on any atom is -0.508 e. The van der Waals surface area contributed by atoms with Gasteiger partial charge >= 0.3 is 0 Å². The summed E-state index contributed by atoms with van der Waals surface area (Å²) >= 11 is 0. The highest BCUT2D eigenvalue weighted by Crippen LogP contribution is 2.42. The van der Waals surface area contributed by atoms with Crippen LogP contribution in [0.3, 0.4) is 0 Å². The molecule has 0 aromatic heterocycles. The number of aryl methyl sites for hydroxylation is 1. The van der Waals surface area contributed by atoms with Crippen LogP contribution in [-0.2, 0) is 6.42 Å². The van der Waals surface area contributed by atoms with Gasteiger partial charge in [0.25, 0.3) is 0 Å². The molecule has 0 bridgehead atoms. The predicted molar refractivity (Wildman–Crippen MR) is 167 cm³/mol. The molecule has 0 saturated heterocycles. The van der Waals surface area contributed by atoms with Gasteiger partial charge in [-0.25, -0.2) is 0 Å². The summed E-state index contributed by atoms with van der Waals surface area (Å²) in [5.41, 5.74) is 2.52. The van der Waals surface area contributed by atoms with Gasteiger partial charge in [0.1, 0.15) is 5.75 Å². The topological polar surface area (TPSA) is 122 Å². The van der Waals surface area contributed by atoms with Gasteiger partial charge in [0, 0.05) is 36.4 Å². The lowest BCUT2D eigenvalue weighted by molar-refractivity contribution is 0.00430. The molecule has 1 aliphatic carbocycles. The van der Waals surface area contributed by atoms with Crippen LogP contribution in [-0.4, -0.2) is 63.5 Å². The highest BCUT2D eigenvalue weighted by Gasteiger charge is 2.29. The summed E-state index contributed by atoms with van der Waals surface area (Å²) < 4.78 is 5.63. The quantitative estimate of drug-likeness (QED) is 0.185. The molecule has 0 heterocycles. The van der Waals surface area contributed by atoms with Crippen molar-refractivity contribution >= 4 is 10.8 Å². The second kappa shape index (κ2) is 14.8. The van der Waals surface area contributed by atoms with Gasteiger partial charge in [-0.15, -0.1) is 5.92 Å². The van der Waals surface area contributed by atoms with Gasteiger partial charge in [-0.3, -0.25) is 0 Å². The van der Waals surface area contributed by atoms with Crippen molar-refractivity contribution in [1.29, 1.82) is 0 Å². The number of nitrogens with one attached hydrogen (secondary N) is 1. The highest BCUT2D eigenvalue weighted by molar-refractivity contribution is 5.90. The number of hydrogen-bond donors (Lipinski definition) is 6. The third-order valence-electron chi connectivity index (χ3n) is 8.46. The average molecular weight is 576 g/mol. The molecule has 6 N–H and O–H groups in total. The van der Waals surface area contributed by atoms with Gasteiger partial charge in [0.15, 0.2) is 11.5 Å². The first-order valence-corrected chi connectivity index (χ1v) is 15.1. The zero-order valence-corrected chi connectivity index (χ0v) is 24.9. The Morgan fingerprint density at radius 1 is 1.02 bits per heavy atom. The van der Waals surface area contributed by atoms with Crippen LogP contribution < -0.4 is 10.1 Å². The van der Waals surface area contributed by atoms with Crippen molar-refractivity contribution in [3.63, 3.8) is 0 Å². The van der Waals surface area contributed by atoms with Crippen LogP contribution >= 0.6 is 0 Å².